The van der Waals surface area contributed by atoms with Crippen LogP contribution in [0.1, 0.15) is 71.3 Å². The van der Waals surface area contributed by atoms with Gasteiger partial charge in [-0.15, -0.1) is 0 Å². The van der Waals surface area contributed by atoms with Gasteiger partial charge in [-0.3, -0.25) is 0 Å². The first-order chi connectivity index (χ1) is 12.3. The molecule has 1 nitrogen and oxygen atoms in total. The number of ether oxygens (including phenoxy) is 1. The molecule has 0 spiro atoms. The number of benzene rings is 1. The standard InChI is InChI=1S/C11H13O.3C4H9.Sn/c1-2-12-10-6-9-11-7-4-3-5-8-11;3*1-3-4-2;/h1-5,7-8H,6,9-10H2;3*1,3-4H2,2H3;. The molecule has 1 aromatic carbocycles. The van der Waals surface area contributed by atoms with Crippen molar-refractivity contribution in [2.24, 2.45) is 0 Å². The molecule has 0 aliphatic rings. The van der Waals surface area contributed by atoms with Crippen molar-refractivity contribution in [3.05, 3.63) is 46.2 Å². The van der Waals surface area contributed by atoms with Crippen LogP contribution in [0, 0.1) is 0 Å². The van der Waals surface area contributed by atoms with E-state index in [9.17, 15) is 0 Å². The van der Waals surface area contributed by atoms with Gasteiger partial charge >= 0.3 is 161 Å². The van der Waals surface area contributed by atoms with Crippen molar-refractivity contribution in [2.75, 3.05) is 6.61 Å². The van der Waals surface area contributed by atoms with Gasteiger partial charge in [0.15, 0.2) is 0 Å². The fraction of sp³-hybridized carbons (Fsp3) is 0.652. The molecule has 25 heavy (non-hydrogen) atoms. The summed E-state index contributed by atoms with van der Waals surface area (Å²) >= 11 is -2.13. The molecule has 0 unspecified atom stereocenters. The topological polar surface area (TPSA) is 9.23 Å². The van der Waals surface area contributed by atoms with Gasteiger partial charge in [0.05, 0.1) is 0 Å². The van der Waals surface area contributed by atoms with E-state index in [1.165, 1.54) is 57.4 Å². The minimum atomic E-state index is -2.13. The summed E-state index contributed by atoms with van der Waals surface area (Å²) in [4.78, 5) is 0. The van der Waals surface area contributed by atoms with Gasteiger partial charge in [0.25, 0.3) is 0 Å². The summed E-state index contributed by atoms with van der Waals surface area (Å²) in [6.07, 6.45) is 12.6. The van der Waals surface area contributed by atoms with Crippen molar-refractivity contribution in [3.8, 4) is 0 Å². The fourth-order valence-corrected chi connectivity index (χ4v) is 17.2. The van der Waals surface area contributed by atoms with Gasteiger partial charge in [0.2, 0.25) is 0 Å². The molecular formula is C23H40OSn. The van der Waals surface area contributed by atoms with Gasteiger partial charge < -0.3 is 0 Å². The van der Waals surface area contributed by atoms with Crippen LogP contribution in [0.5, 0.6) is 0 Å². The van der Waals surface area contributed by atoms with Crippen LogP contribution in [-0.4, -0.2) is 25.0 Å². The third kappa shape index (κ3) is 10.3. The average Bonchev–Trinajstić information content (AvgIpc) is 2.66. The Balaban J connectivity index is 2.47. The van der Waals surface area contributed by atoms with Crippen LogP contribution in [-0.2, 0) is 11.2 Å². The first-order valence-electron chi connectivity index (χ1n) is 10.6. The van der Waals surface area contributed by atoms with E-state index in [1.54, 1.807) is 0 Å². The van der Waals surface area contributed by atoms with E-state index >= 15 is 0 Å². The Labute approximate surface area is 161 Å². The quantitative estimate of drug-likeness (QED) is 0.152. The van der Waals surface area contributed by atoms with Crippen LogP contribution >= 0.6 is 0 Å². The Hall–Kier alpha value is -0.441. The molecule has 0 fully saturated rings. The molecule has 0 saturated heterocycles. The normalized spacial score (nSPS) is 12.0. The second-order valence-corrected chi connectivity index (χ2v) is 20.4. The molecule has 0 aliphatic carbocycles. The van der Waals surface area contributed by atoms with Crippen molar-refractivity contribution >= 4 is 18.4 Å². The Morgan fingerprint density at radius 2 is 1.36 bits per heavy atom. The molecule has 0 aliphatic heterocycles. The predicted molar refractivity (Wildman–Crippen MR) is 115 cm³/mol. The summed E-state index contributed by atoms with van der Waals surface area (Å²) in [7, 11) is 0. The maximum atomic E-state index is 5.92. The van der Waals surface area contributed by atoms with Crippen molar-refractivity contribution in [2.45, 2.75) is 85.4 Å². The van der Waals surface area contributed by atoms with Crippen molar-refractivity contribution < 1.29 is 4.74 Å². The summed E-state index contributed by atoms with van der Waals surface area (Å²) in [5.74, 6) is 0. The van der Waals surface area contributed by atoms with E-state index in [0.29, 0.717) is 0 Å². The second kappa shape index (κ2) is 14.7. The van der Waals surface area contributed by atoms with Crippen LogP contribution in [0.25, 0.3) is 0 Å². The Bertz CT molecular complexity index is 419. The SMILES string of the molecule is CCC[CH2][Sn](/[CH]=C\OCCCc1ccccc1)([CH2]CCC)[CH2]CCC. The number of unbranched alkanes of at least 4 members (excludes halogenated alkanes) is 3. The van der Waals surface area contributed by atoms with Crippen LogP contribution in [0.2, 0.25) is 13.3 Å². The Morgan fingerprint density at radius 3 is 1.88 bits per heavy atom. The molecule has 0 atom stereocenters. The predicted octanol–water partition coefficient (Wildman–Crippen LogP) is 7.54. The molecule has 0 N–H and O–H groups in total. The average molecular weight is 451 g/mol. The van der Waals surface area contributed by atoms with E-state index in [0.717, 1.165) is 19.4 Å². The molecule has 0 heterocycles. The van der Waals surface area contributed by atoms with E-state index in [4.69, 9.17) is 4.74 Å². The van der Waals surface area contributed by atoms with Gasteiger partial charge in [-0.25, -0.2) is 0 Å². The van der Waals surface area contributed by atoms with E-state index in [2.05, 4.69) is 61.5 Å². The first-order valence-corrected chi connectivity index (χ1v) is 18.3. The van der Waals surface area contributed by atoms with E-state index in [-0.39, 0.29) is 0 Å². The number of aryl methyl sites for hydroxylation is 1. The van der Waals surface area contributed by atoms with Crippen molar-refractivity contribution in [3.63, 3.8) is 0 Å². The van der Waals surface area contributed by atoms with Gasteiger partial charge in [-0.1, -0.05) is 0 Å². The molecule has 1 aromatic rings. The second-order valence-electron chi connectivity index (χ2n) is 7.44. The third-order valence-electron chi connectivity index (χ3n) is 5.17. The number of rotatable bonds is 15. The summed E-state index contributed by atoms with van der Waals surface area (Å²) in [5, 5.41) is 0. The van der Waals surface area contributed by atoms with Crippen molar-refractivity contribution in [1.29, 1.82) is 0 Å². The van der Waals surface area contributed by atoms with Gasteiger partial charge in [0, 0.05) is 0 Å². The molecule has 0 saturated carbocycles. The fourth-order valence-electron chi connectivity index (χ4n) is 3.48. The van der Waals surface area contributed by atoms with Gasteiger partial charge in [-0.2, -0.15) is 0 Å². The zero-order valence-electron chi connectivity index (χ0n) is 16.9. The van der Waals surface area contributed by atoms with E-state index < -0.39 is 18.4 Å². The summed E-state index contributed by atoms with van der Waals surface area (Å²) < 4.78 is 13.1. The Kier molecular flexibility index (Phi) is 13.3. The van der Waals surface area contributed by atoms with Crippen molar-refractivity contribution in [1.82, 2.24) is 0 Å². The maximum absolute atomic E-state index is 5.92. The van der Waals surface area contributed by atoms with Crippen LogP contribution in [0.3, 0.4) is 0 Å². The summed E-state index contributed by atoms with van der Waals surface area (Å²) in [5.41, 5.74) is 1.41. The molecule has 0 amide bonds. The zero-order valence-corrected chi connectivity index (χ0v) is 19.8. The third-order valence-corrected chi connectivity index (χ3v) is 19.1. The summed E-state index contributed by atoms with van der Waals surface area (Å²) in [6, 6.07) is 10.7. The monoisotopic (exact) mass is 452 g/mol. The minimum absolute atomic E-state index is 0.850. The zero-order chi connectivity index (χ0) is 18.2. The molecule has 0 radical (unpaired) electrons. The van der Waals surface area contributed by atoms with Gasteiger partial charge in [-0.05, 0) is 0 Å². The molecule has 0 bridgehead atoms. The van der Waals surface area contributed by atoms with Crippen LogP contribution < -0.4 is 0 Å². The first kappa shape index (κ1) is 22.6. The van der Waals surface area contributed by atoms with Crippen LogP contribution in [0.4, 0.5) is 0 Å². The molecule has 0 aromatic heterocycles. The molecule has 142 valence electrons. The Morgan fingerprint density at radius 1 is 0.800 bits per heavy atom. The molecule has 1 rings (SSSR count). The molecule has 2 heteroatoms. The number of hydrogen-bond donors (Lipinski definition) is 0. The van der Waals surface area contributed by atoms with E-state index in [1.807, 2.05) is 0 Å². The van der Waals surface area contributed by atoms with Gasteiger partial charge in [0.1, 0.15) is 0 Å². The molecular weight excluding hydrogens is 411 g/mol. The van der Waals surface area contributed by atoms with Crippen LogP contribution in [0.15, 0.2) is 40.7 Å². The summed E-state index contributed by atoms with van der Waals surface area (Å²) in [6.45, 7) is 7.85. The number of hydrogen-bond acceptors (Lipinski definition) is 1.